The van der Waals surface area contributed by atoms with Crippen LogP contribution in [0.1, 0.15) is 0 Å². The molecule has 33 heavy (non-hydrogen) atoms. The molecule has 3 heterocycles. The molecule has 0 spiro atoms. The zero-order chi connectivity index (χ0) is 22.8. The molecule has 1 aromatic heterocycles. The summed E-state index contributed by atoms with van der Waals surface area (Å²) in [6.07, 6.45) is -0.696. The van der Waals surface area contributed by atoms with E-state index in [1.807, 2.05) is 12.1 Å². The fourth-order valence-corrected chi connectivity index (χ4v) is 3.89. The van der Waals surface area contributed by atoms with E-state index in [0.717, 1.165) is 5.39 Å². The first-order chi connectivity index (χ1) is 16.1. The van der Waals surface area contributed by atoms with Crippen LogP contribution in [-0.2, 0) is 9.59 Å². The molecule has 5 rings (SSSR count). The lowest BCUT2D eigenvalue weighted by Crippen LogP contribution is -2.55. The fourth-order valence-electron chi connectivity index (χ4n) is 3.89. The van der Waals surface area contributed by atoms with E-state index in [1.165, 1.54) is 6.07 Å². The topological polar surface area (TPSA) is 98.5 Å². The number of fused-ring (bicyclic) bond motifs is 2. The molecule has 0 aliphatic carbocycles. The fraction of sp³-hybridized carbons (Fsp3) is 0.292. The number of ether oxygens (including phenoxy) is 3. The minimum atomic E-state index is -0.696. The molecule has 1 atom stereocenters. The summed E-state index contributed by atoms with van der Waals surface area (Å²) in [5, 5.41) is 0.768. The van der Waals surface area contributed by atoms with Gasteiger partial charge in [0.05, 0.1) is 0 Å². The Hall–Kier alpha value is -4.01. The monoisotopic (exact) mass is 450 g/mol. The zero-order valence-corrected chi connectivity index (χ0v) is 17.8. The molecular formula is C24H22N2O7. The largest absolute Gasteiger partial charge is 0.485 e. The number of amides is 2. The van der Waals surface area contributed by atoms with Crippen molar-refractivity contribution < 1.29 is 28.2 Å². The van der Waals surface area contributed by atoms with Crippen molar-refractivity contribution in [2.24, 2.45) is 0 Å². The van der Waals surface area contributed by atoms with Crippen LogP contribution in [0.5, 0.6) is 17.2 Å². The molecule has 0 saturated carbocycles. The highest BCUT2D eigenvalue weighted by molar-refractivity contribution is 5.83. The summed E-state index contributed by atoms with van der Waals surface area (Å²) in [5.74, 6) is 1.30. The number of carbonyl (C=O) groups excluding carboxylic acids is 2. The normalized spacial score (nSPS) is 17.6. The van der Waals surface area contributed by atoms with Gasteiger partial charge in [-0.1, -0.05) is 12.1 Å². The van der Waals surface area contributed by atoms with Crippen LogP contribution in [0, 0.1) is 0 Å². The highest BCUT2D eigenvalue weighted by Crippen LogP contribution is 2.31. The van der Waals surface area contributed by atoms with Crippen molar-refractivity contribution in [3.63, 3.8) is 0 Å². The minimum absolute atomic E-state index is 0.146. The summed E-state index contributed by atoms with van der Waals surface area (Å²) in [4.78, 5) is 40.2. The van der Waals surface area contributed by atoms with Crippen LogP contribution in [0.25, 0.3) is 11.0 Å². The number of nitrogens with zero attached hydrogens (tertiary/aromatic N) is 2. The molecule has 1 saturated heterocycles. The second-order valence-electron chi connectivity index (χ2n) is 7.81. The molecule has 0 unspecified atom stereocenters. The van der Waals surface area contributed by atoms with Crippen LogP contribution in [0.3, 0.4) is 0 Å². The Morgan fingerprint density at radius 3 is 2.48 bits per heavy atom. The molecule has 2 aliphatic rings. The average molecular weight is 450 g/mol. The van der Waals surface area contributed by atoms with Crippen LogP contribution in [0.2, 0.25) is 0 Å². The van der Waals surface area contributed by atoms with E-state index in [1.54, 1.807) is 46.2 Å². The van der Waals surface area contributed by atoms with Gasteiger partial charge in [0.25, 0.3) is 11.8 Å². The molecule has 9 heteroatoms. The Kier molecular flexibility index (Phi) is 5.60. The van der Waals surface area contributed by atoms with E-state index in [-0.39, 0.29) is 25.0 Å². The predicted molar refractivity (Wildman–Crippen MR) is 117 cm³/mol. The van der Waals surface area contributed by atoms with Gasteiger partial charge in [-0.25, -0.2) is 4.79 Å². The van der Waals surface area contributed by atoms with E-state index in [0.29, 0.717) is 49.0 Å². The molecule has 0 N–H and O–H groups in total. The van der Waals surface area contributed by atoms with Gasteiger partial charge in [0.15, 0.2) is 18.1 Å². The van der Waals surface area contributed by atoms with Gasteiger partial charge in [0.1, 0.15) is 17.9 Å². The summed E-state index contributed by atoms with van der Waals surface area (Å²) in [6, 6.07) is 15.3. The van der Waals surface area contributed by atoms with E-state index in [2.05, 4.69) is 0 Å². The molecule has 0 bridgehead atoms. The maximum atomic E-state index is 12.8. The van der Waals surface area contributed by atoms with Gasteiger partial charge >= 0.3 is 5.63 Å². The Balaban J connectivity index is 1.12. The predicted octanol–water partition coefficient (Wildman–Crippen LogP) is 1.68. The van der Waals surface area contributed by atoms with Gasteiger partial charge in [-0.2, -0.15) is 0 Å². The van der Waals surface area contributed by atoms with Gasteiger partial charge < -0.3 is 28.4 Å². The smallest absolute Gasteiger partial charge is 0.336 e. The van der Waals surface area contributed by atoms with Crippen LogP contribution in [0.15, 0.2) is 63.8 Å². The van der Waals surface area contributed by atoms with Crippen molar-refractivity contribution >= 4 is 22.8 Å². The van der Waals surface area contributed by atoms with Crippen molar-refractivity contribution in [3.8, 4) is 17.2 Å². The van der Waals surface area contributed by atoms with Crippen molar-refractivity contribution in [2.45, 2.75) is 6.10 Å². The SMILES string of the molecule is O=C(COc1ccc2ccc(=O)oc2c1)N1CCN(C(=O)[C@@H]2COc3ccccc3O2)CC1. The first kappa shape index (κ1) is 20.9. The molecular weight excluding hydrogens is 428 g/mol. The first-order valence-electron chi connectivity index (χ1n) is 10.7. The van der Waals surface area contributed by atoms with E-state index >= 15 is 0 Å². The van der Waals surface area contributed by atoms with Crippen LogP contribution < -0.4 is 19.8 Å². The second-order valence-corrected chi connectivity index (χ2v) is 7.81. The third kappa shape index (κ3) is 4.48. The first-order valence-corrected chi connectivity index (χ1v) is 10.7. The van der Waals surface area contributed by atoms with Gasteiger partial charge in [0.2, 0.25) is 6.10 Å². The maximum absolute atomic E-state index is 12.8. The van der Waals surface area contributed by atoms with Crippen LogP contribution >= 0.6 is 0 Å². The third-order valence-corrected chi connectivity index (χ3v) is 5.68. The number of rotatable bonds is 4. The summed E-state index contributed by atoms with van der Waals surface area (Å²) >= 11 is 0. The quantitative estimate of drug-likeness (QED) is 0.558. The highest BCUT2D eigenvalue weighted by Gasteiger charge is 2.33. The molecule has 9 nitrogen and oxygen atoms in total. The highest BCUT2D eigenvalue weighted by atomic mass is 16.6. The van der Waals surface area contributed by atoms with Crippen molar-refractivity contribution in [2.75, 3.05) is 39.4 Å². The Morgan fingerprint density at radius 1 is 0.939 bits per heavy atom. The maximum Gasteiger partial charge on any atom is 0.336 e. The van der Waals surface area contributed by atoms with E-state index in [9.17, 15) is 14.4 Å². The standard InChI is InChI=1S/C24H22N2O7/c27-22(15-30-17-7-5-16-6-8-23(28)33-20(16)13-17)25-9-11-26(12-10-25)24(29)21-14-31-18-3-1-2-4-19(18)32-21/h1-8,13,21H,9-12,14-15H2/t21-/m0/s1. The Morgan fingerprint density at radius 2 is 1.67 bits per heavy atom. The lowest BCUT2D eigenvalue weighted by molar-refractivity contribution is -0.146. The molecule has 2 aromatic carbocycles. The minimum Gasteiger partial charge on any atom is -0.485 e. The van der Waals surface area contributed by atoms with Crippen molar-refractivity contribution in [3.05, 3.63) is 65.0 Å². The Bertz CT molecular complexity index is 1250. The number of carbonyl (C=O) groups is 2. The number of hydrogen-bond donors (Lipinski definition) is 0. The van der Waals surface area contributed by atoms with Gasteiger partial charge in [0, 0.05) is 43.7 Å². The van der Waals surface area contributed by atoms with Crippen molar-refractivity contribution in [1.29, 1.82) is 0 Å². The summed E-state index contributed by atoms with van der Waals surface area (Å²) in [6.45, 7) is 1.65. The lowest BCUT2D eigenvalue weighted by Gasteiger charge is -2.37. The second kappa shape index (κ2) is 8.85. The van der Waals surface area contributed by atoms with E-state index < -0.39 is 11.7 Å². The van der Waals surface area contributed by atoms with Crippen LogP contribution in [-0.4, -0.2) is 67.1 Å². The van der Waals surface area contributed by atoms with Crippen molar-refractivity contribution in [1.82, 2.24) is 9.80 Å². The molecule has 0 radical (unpaired) electrons. The third-order valence-electron chi connectivity index (χ3n) is 5.68. The molecule has 170 valence electrons. The number of hydrogen-bond acceptors (Lipinski definition) is 7. The lowest BCUT2D eigenvalue weighted by atomic mass is 10.2. The molecule has 2 amide bonds. The summed E-state index contributed by atoms with van der Waals surface area (Å²) in [5.41, 5.74) is -0.0475. The van der Waals surface area contributed by atoms with Gasteiger partial charge in [-0.3, -0.25) is 9.59 Å². The molecule has 2 aliphatic heterocycles. The summed E-state index contributed by atoms with van der Waals surface area (Å²) in [7, 11) is 0. The Labute approximate surface area is 189 Å². The number of piperazine rings is 1. The molecule has 1 fully saturated rings. The average Bonchev–Trinajstić information content (AvgIpc) is 2.86. The zero-order valence-electron chi connectivity index (χ0n) is 17.8. The van der Waals surface area contributed by atoms with Crippen LogP contribution in [0.4, 0.5) is 0 Å². The van der Waals surface area contributed by atoms with E-state index in [4.69, 9.17) is 18.6 Å². The van der Waals surface area contributed by atoms with Gasteiger partial charge in [-0.15, -0.1) is 0 Å². The molecule has 3 aromatic rings. The number of para-hydroxylation sites is 2. The summed E-state index contributed by atoms with van der Waals surface area (Å²) < 4.78 is 22.2. The number of benzene rings is 2. The van der Waals surface area contributed by atoms with Gasteiger partial charge in [-0.05, 0) is 30.3 Å².